The molecule has 1 fully saturated rings. The first-order chi connectivity index (χ1) is 10.9. The summed E-state index contributed by atoms with van der Waals surface area (Å²) in [5.74, 6) is 0. The van der Waals surface area contributed by atoms with E-state index in [1.54, 1.807) is 11.0 Å². The molecule has 3 rings (SSSR count). The van der Waals surface area contributed by atoms with Crippen LogP contribution in [0.1, 0.15) is 5.56 Å². The van der Waals surface area contributed by atoms with Gasteiger partial charge >= 0.3 is 6.18 Å². The molecule has 1 N–H and O–H groups in total. The first-order valence-electron chi connectivity index (χ1n) is 7.04. The summed E-state index contributed by atoms with van der Waals surface area (Å²) in [7, 11) is 0. The smallest absolute Gasteiger partial charge is 0.378 e. The van der Waals surface area contributed by atoms with Crippen LogP contribution < -0.4 is 10.5 Å². The minimum absolute atomic E-state index is 0.133. The van der Waals surface area contributed by atoms with Gasteiger partial charge in [0, 0.05) is 30.5 Å². The number of aromatic nitrogens is 2. The molecule has 122 valence electrons. The van der Waals surface area contributed by atoms with Crippen molar-refractivity contribution >= 4 is 5.69 Å². The molecule has 5 nitrogen and oxygen atoms in total. The van der Waals surface area contributed by atoms with Gasteiger partial charge in [0.25, 0.3) is 5.56 Å². The van der Waals surface area contributed by atoms with Gasteiger partial charge in [0.15, 0.2) is 0 Å². The molecular formula is C15H14F3N3O2. The predicted octanol–water partition coefficient (Wildman–Crippen LogP) is 2.29. The number of nitrogens with zero attached hydrogens (tertiary/aromatic N) is 2. The van der Waals surface area contributed by atoms with Crippen LogP contribution in [0.3, 0.4) is 0 Å². The highest BCUT2D eigenvalue weighted by atomic mass is 19.4. The molecule has 1 aromatic carbocycles. The van der Waals surface area contributed by atoms with Gasteiger partial charge in [-0.2, -0.15) is 13.2 Å². The third kappa shape index (κ3) is 3.37. The summed E-state index contributed by atoms with van der Waals surface area (Å²) in [5, 5.41) is 0. The van der Waals surface area contributed by atoms with Gasteiger partial charge in [-0.15, -0.1) is 0 Å². The maximum absolute atomic E-state index is 13.4. The van der Waals surface area contributed by atoms with Crippen LogP contribution in [-0.2, 0) is 10.9 Å². The number of hydrogen-bond donors (Lipinski definition) is 1. The minimum Gasteiger partial charge on any atom is -0.378 e. The standard InChI is InChI=1S/C15H14F3N3O2/c16-15(17,18)11-7-10(12-8-20-14(22)9-19-12)1-2-13(11)21-3-5-23-6-4-21/h1-2,7-9H,3-6H2,(H,20,22). The van der Waals surface area contributed by atoms with Gasteiger partial charge in [-0.05, 0) is 12.1 Å². The molecule has 2 aromatic rings. The Morgan fingerprint density at radius 1 is 1.22 bits per heavy atom. The summed E-state index contributed by atoms with van der Waals surface area (Å²) < 4.78 is 45.5. The molecule has 0 radical (unpaired) electrons. The van der Waals surface area contributed by atoms with Gasteiger partial charge < -0.3 is 14.6 Å². The normalized spacial score (nSPS) is 15.7. The van der Waals surface area contributed by atoms with Gasteiger partial charge in [-0.3, -0.25) is 4.79 Å². The summed E-state index contributed by atoms with van der Waals surface area (Å²) in [6, 6.07) is 4.07. The lowest BCUT2D eigenvalue weighted by molar-refractivity contribution is -0.137. The predicted molar refractivity (Wildman–Crippen MR) is 78.3 cm³/mol. The minimum atomic E-state index is -4.48. The van der Waals surface area contributed by atoms with E-state index in [1.165, 1.54) is 12.3 Å². The Morgan fingerprint density at radius 2 is 1.96 bits per heavy atom. The molecule has 8 heteroatoms. The lowest BCUT2D eigenvalue weighted by Crippen LogP contribution is -2.37. The summed E-state index contributed by atoms with van der Waals surface area (Å²) in [5.41, 5.74) is -0.414. The van der Waals surface area contributed by atoms with E-state index in [0.29, 0.717) is 31.9 Å². The Bertz CT molecular complexity index is 732. The van der Waals surface area contributed by atoms with Crippen molar-refractivity contribution in [2.24, 2.45) is 0 Å². The highest BCUT2D eigenvalue weighted by Gasteiger charge is 2.35. The number of ether oxygens (including phenoxy) is 1. The second-order valence-electron chi connectivity index (χ2n) is 5.13. The Morgan fingerprint density at radius 3 is 2.57 bits per heavy atom. The van der Waals surface area contributed by atoms with Crippen LogP contribution in [-0.4, -0.2) is 36.3 Å². The van der Waals surface area contributed by atoms with Crippen molar-refractivity contribution in [3.63, 3.8) is 0 Å². The number of nitrogens with one attached hydrogen (secondary N) is 1. The maximum atomic E-state index is 13.4. The van der Waals surface area contributed by atoms with Crippen LogP contribution in [0.15, 0.2) is 35.4 Å². The summed E-state index contributed by atoms with van der Waals surface area (Å²) >= 11 is 0. The van der Waals surface area contributed by atoms with Crippen LogP contribution >= 0.6 is 0 Å². The average Bonchev–Trinajstić information content (AvgIpc) is 2.55. The van der Waals surface area contributed by atoms with E-state index >= 15 is 0 Å². The average molecular weight is 325 g/mol. The second kappa shape index (κ2) is 6.04. The molecule has 0 atom stereocenters. The zero-order valence-electron chi connectivity index (χ0n) is 12.1. The number of morpholine rings is 1. The molecule has 0 amide bonds. The Balaban J connectivity index is 2.04. The number of anilines is 1. The van der Waals surface area contributed by atoms with Crippen molar-refractivity contribution in [2.45, 2.75) is 6.18 Å². The fourth-order valence-electron chi connectivity index (χ4n) is 2.50. The molecular weight excluding hydrogens is 311 g/mol. The van der Waals surface area contributed by atoms with E-state index in [1.807, 2.05) is 0 Å². The molecule has 0 aliphatic carbocycles. The number of alkyl halides is 3. The topological polar surface area (TPSA) is 58.2 Å². The van der Waals surface area contributed by atoms with Crippen molar-refractivity contribution in [2.75, 3.05) is 31.2 Å². The van der Waals surface area contributed by atoms with E-state index < -0.39 is 17.3 Å². The number of aromatic amines is 1. The molecule has 1 aromatic heterocycles. The molecule has 1 aliphatic rings. The van der Waals surface area contributed by atoms with Crippen molar-refractivity contribution in [1.29, 1.82) is 0 Å². The molecule has 0 spiro atoms. The Labute approximate surface area is 129 Å². The van der Waals surface area contributed by atoms with Crippen LogP contribution in [0, 0.1) is 0 Å². The van der Waals surface area contributed by atoms with Crippen molar-refractivity contribution in [3.8, 4) is 11.3 Å². The molecule has 1 aliphatic heterocycles. The zero-order valence-corrected chi connectivity index (χ0v) is 12.1. The van der Waals surface area contributed by atoms with Gasteiger partial charge in [0.05, 0.1) is 30.7 Å². The largest absolute Gasteiger partial charge is 0.418 e. The highest BCUT2D eigenvalue weighted by molar-refractivity contribution is 5.67. The van der Waals surface area contributed by atoms with Gasteiger partial charge in [-0.25, -0.2) is 4.98 Å². The molecule has 1 saturated heterocycles. The van der Waals surface area contributed by atoms with E-state index in [9.17, 15) is 18.0 Å². The molecule has 0 bridgehead atoms. The molecule has 0 unspecified atom stereocenters. The third-order valence-corrected chi connectivity index (χ3v) is 3.62. The van der Waals surface area contributed by atoms with Crippen LogP contribution in [0.2, 0.25) is 0 Å². The molecule has 0 saturated carbocycles. The highest BCUT2D eigenvalue weighted by Crippen LogP contribution is 2.39. The monoisotopic (exact) mass is 325 g/mol. The number of H-pyrrole nitrogens is 1. The Hall–Kier alpha value is -2.35. The lowest BCUT2D eigenvalue weighted by atomic mass is 10.0. The lowest BCUT2D eigenvalue weighted by Gasteiger charge is -2.31. The Kier molecular flexibility index (Phi) is 4.08. The second-order valence-corrected chi connectivity index (χ2v) is 5.13. The molecule has 23 heavy (non-hydrogen) atoms. The summed E-state index contributed by atoms with van der Waals surface area (Å²) in [4.78, 5) is 19.0. The quantitative estimate of drug-likeness (QED) is 0.920. The SMILES string of the molecule is O=c1cnc(-c2ccc(N3CCOCC3)c(C(F)(F)F)c2)c[nH]1. The summed E-state index contributed by atoms with van der Waals surface area (Å²) in [6.07, 6.45) is -2.14. The van der Waals surface area contributed by atoms with Gasteiger partial charge in [0.1, 0.15) is 0 Å². The van der Waals surface area contributed by atoms with E-state index in [4.69, 9.17) is 4.74 Å². The number of benzene rings is 1. The van der Waals surface area contributed by atoms with E-state index in [0.717, 1.165) is 12.3 Å². The van der Waals surface area contributed by atoms with Crippen LogP contribution in [0.25, 0.3) is 11.3 Å². The molecule has 2 heterocycles. The first kappa shape index (κ1) is 15.5. The van der Waals surface area contributed by atoms with Gasteiger partial charge in [-0.1, -0.05) is 6.07 Å². The third-order valence-electron chi connectivity index (χ3n) is 3.62. The van der Waals surface area contributed by atoms with Crippen LogP contribution in [0.4, 0.5) is 18.9 Å². The van der Waals surface area contributed by atoms with E-state index in [-0.39, 0.29) is 11.4 Å². The van der Waals surface area contributed by atoms with Crippen molar-refractivity contribution in [1.82, 2.24) is 9.97 Å². The first-order valence-corrected chi connectivity index (χ1v) is 7.04. The van der Waals surface area contributed by atoms with Crippen molar-refractivity contribution in [3.05, 3.63) is 46.5 Å². The fourth-order valence-corrected chi connectivity index (χ4v) is 2.50. The van der Waals surface area contributed by atoms with Crippen LogP contribution in [0.5, 0.6) is 0 Å². The van der Waals surface area contributed by atoms with Gasteiger partial charge in [0.2, 0.25) is 0 Å². The maximum Gasteiger partial charge on any atom is 0.418 e. The number of hydrogen-bond acceptors (Lipinski definition) is 4. The van der Waals surface area contributed by atoms with Crippen molar-refractivity contribution < 1.29 is 17.9 Å². The fraction of sp³-hybridized carbons (Fsp3) is 0.333. The number of rotatable bonds is 2. The number of halogens is 3. The van der Waals surface area contributed by atoms with E-state index in [2.05, 4.69) is 9.97 Å². The summed E-state index contributed by atoms with van der Waals surface area (Å²) in [6.45, 7) is 1.64. The zero-order chi connectivity index (χ0) is 16.4.